The largest absolute Gasteiger partial charge is 0.396 e. The maximum Gasteiger partial charge on any atom is 0.0594 e. The molecule has 0 amide bonds. The molecule has 1 saturated heterocycles. The van der Waals surface area contributed by atoms with Crippen molar-refractivity contribution >= 4 is 0 Å². The molecule has 0 atom stereocenters. The van der Waals surface area contributed by atoms with Gasteiger partial charge in [0.25, 0.3) is 0 Å². The molecular formula is C13H28N2O2. The second-order valence-electron chi connectivity index (χ2n) is 5.00. The second-order valence-corrected chi connectivity index (χ2v) is 5.00. The van der Waals surface area contributed by atoms with Crippen LogP contribution in [-0.2, 0) is 4.74 Å². The summed E-state index contributed by atoms with van der Waals surface area (Å²) in [5, 5.41) is 12.9. The van der Waals surface area contributed by atoms with Crippen molar-refractivity contribution in [3.05, 3.63) is 0 Å². The van der Waals surface area contributed by atoms with E-state index in [2.05, 4.69) is 24.1 Å². The molecule has 1 fully saturated rings. The molecule has 0 bridgehead atoms. The summed E-state index contributed by atoms with van der Waals surface area (Å²) < 4.78 is 5.32. The van der Waals surface area contributed by atoms with Gasteiger partial charge < -0.3 is 15.2 Å². The van der Waals surface area contributed by atoms with E-state index in [9.17, 15) is 5.11 Å². The number of hydrogen-bond donors (Lipinski definition) is 2. The van der Waals surface area contributed by atoms with Gasteiger partial charge in [0.1, 0.15) is 0 Å². The molecule has 0 unspecified atom stereocenters. The third-order valence-electron chi connectivity index (χ3n) is 4.04. The van der Waals surface area contributed by atoms with Crippen molar-refractivity contribution in [2.45, 2.75) is 26.7 Å². The van der Waals surface area contributed by atoms with Gasteiger partial charge in [0.15, 0.2) is 0 Å². The van der Waals surface area contributed by atoms with Gasteiger partial charge in [-0.2, -0.15) is 0 Å². The monoisotopic (exact) mass is 244 g/mol. The minimum absolute atomic E-state index is 0.0744. The van der Waals surface area contributed by atoms with E-state index < -0.39 is 0 Å². The van der Waals surface area contributed by atoms with Gasteiger partial charge in [-0.25, -0.2) is 0 Å². The van der Waals surface area contributed by atoms with Crippen LogP contribution in [0.15, 0.2) is 0 Å². The first kappa shape index (κ1) is 14.9. The molecule has 0 aromatic carbocycles. The lowest BCUT2D eigenvalue weighted by Crippen LogP contribution is -2.43. The first-order chi connectivity index (χ1) is 8.26. The van der Waals surface area contributed by atoms with E-state index in [1.54, 1.807) is 0 Å². The number of aliphatic hydroxyl groups is 1. The highest BCUT2D eigenvalue weighted by atomic mass is 16.5. The SMILES string of the molecule is CCC(CC)(CO)CNCCN1CCOCC1. The minimum Gasteiger partial charge on any atom is -0.396 e. The van der Waals surface area contributed by atoms with Gasteiger partial charge >= 0.3 is 0 Å². The van der Waals surface area contributed by atoms with Crippen molar-refractivity contribution in [2.75, 3.05) is 52.5 Å². The van der Waals surface area contributed by atoms with Crippen molar-refractivity contribution in [2.24, 2.45) is 5.41 Å². The smallest absolute Gasteiger partial charge is 0.0594 e. The molecular weight excluding hydrogens is 216 g/mol. The molecule has 0 aliphatic carbocycles. The Labute approximate surface area is 105 Å². The number of aliphatic hydroxyl groups excluding tert-OH is 1. The number of morpholine rings is 1. The lowest BCUT2D eigenvalue weighted by Gasteiger charge is -2.31. The Hall–Kier alpha value is -0.160. The third kappa shape index (κ3) is 4.92. The van der Waals surface area contributed by atoms with Gasteiger partial charge in [0, 0.05) is 44.7 Å². The van der Waals surface area contributed by atoms with E-state index in [0.29, 0.717) is 0 Å². The van der Waals surface area contributed by atoms with Crippen LogP contribution in [0.1, 0.15) is 26.7 Å². The molecule has 0 aromatic heterocycles. The summed E-state index contributed by atoms with van der Waals surface area (Å²) in [5.74, 6) is 0. The molecule has 1 rings (SSSR count). The van der Waals surface area contributed by atoms with Gasteiger partial charge in [-0.15, -0.1) is 0 Å². The van der Waals surface area contributed by atoms with Gasteiger partial charge in [-0.05, 0) is 12.8 Å². The Morgan fingerprint density at radius 3 is 2.41 bits per heavy atom. The van der Waals surface area contributed by atoms with Gasteiger partial charge in [0.2, 0.25) is 0 Å². The predicted molar refractivity (Wildman–Crippen MR) is 70.2 cm³/mol. The van der Waals surface area contributed by atoms with Crippen LogP contribution in [-0.4, -0.2) is 62.6 Å². The van der Waals surface area contributed by atoms with E-state index in [4.69, 9.17) is 4.74 Å². The highest BCUT2D eigenvalue weighted by molar-refractivity contribution is 4.78. The van der Waals surface area contributed by atoms with Crippen LogP contribution < -0.4 is 5.32 Å². The van der Waals surface area contributed by atoms with Crippen LogP contribution in [0.4, 0.5) is 0 Å². The summed E-state index contributed by atoms with van der Waals surface area (Å²) in [6.07, 6.45) is 2.06. The Balaban J connectivity index is 2.13. The molecule has 1 aliphatic rings. The van der Waals surface area contributed by atoms with E-state index in [0.717, 1.165) is 58.8 Å². The maximum atomic E-state index is 9.46. The van der Waals surface area contributed by atoms with Gasteiger partial charge in [0.05, 0.1) is 13.2 Å². The summed E-state index contributed by atoms with van der Waals surface area (Å²) in [5.41, 5.74) is 0.0744. The molecule has 4 nitrogen and oxygen atoms in total. The number of ether oxygens (including phenoxy) is 1. The van der Waals surface area contributed by atoms with Crippen molar-refractivity contribution < 1.29 is 9.84 Å². The van der Waals surface area contributed by atoms with Crippen LogP contribution in [0.3, 0.4) is 0 Å². The highest BCUT2D eigenvalue weighted by Gasteiger charge is 2.24. The zero-order chi connectivity index (χ0) is 12.6. The van der Waals surface area contributed by atoms with E-state index in [-0.39, 0.29) is 12.0 Å². The van der Waals surface area contributed by atoms with Gasteiger partial charge in [-0.1, -0.05) is 13.8 Å². The van der Waals surface area contributed by atoms with Crippen molar-refractivity contribution in [3.63, 3.8) is 0 Å². The van der Waals surface area contributed by atoms with E-state index in [1.807, 2.05) is 0 Å². The lowest BCUT2D eigenvalue weighted by atomic mass is 9.83. The summed E-state index contributed by atoms with van der Waals surface area (Å²) in [6.45, 7) is 11.4. The minimum atomic E-state index is 0.0744. The number of nitrogens with zero attached hydrogens (tertiary/aromatic N) is 1. The fourth-order valence-corrected chi connectivity index (χ4v) is 2.20. The molecule has 102 valence electrons. The standard InChI is InChI=1S/C13H28N2O2/c1-3-13(4-2,12-16)11-14-5-6-15-7-9-17-10-8-15/h14,16H,3-12H2,1-2H3. The van der Waals surface area contributed by atoms with Crippen LogP contribution in [0.2, 0.25) is 0 Å². The zero-order valence-electron chi connectivity index (χ0n) is 11.4. The Bertz CT molecular complexity index is 182. The summed E-state index contributed by atoms with van der Waals surface area (Å²) in [7, 11) is 0. The normalized spacial score (nSPS) is 18.5. The summed E-state index contributed by atoms with van der Waals surface area (Å²) >= 11 is 0. The van der Waals surface area contributed by atoms with Crippen LogP contribution in [0.25, 0.3) is 0 Å². The molecule has 0 spiro atoms. The zero-order valence-corrected chi connectivity index (χ0v) is 11.4. The lowest BCUT2D eigenvalue weighted by molar-refractivity contribution is 0.0375. The predicted octanol–water partition coefficient (Wildman–Crippen LogP) is 0.707. The van der Waals surface area contributed by atoms with Crippen molar-refractivity contribution in [3.8, 4) is 0 Å². The third-order valence-corrected chi connectivity index (χ3v) is 4.04. The summed E-state index contributed by atoms with van der Waals surface area (Å²) in [6, 6.07) is 0. The van der Waals surface area contributed by atoms with Crippen LogP contribution >= 0.6 is 0 Å². The molecule has 17 heavy (non-hydrogen) atoms. The first-order valence-electron chi connectivity index (χ1n) is 6.88. The van der Waals surface area contributed by atoms with E-state index >= 15 is 0 Å². The number of hydrogen-bond acceptors (Lipinski definition) is 4. The van der Waals surface area contributed by atoms with Crippen LogP contribution in [0.5, 0.6) is 0 Å². The van der Waals surface area contributed by atoms with Crippen molar-refractivity contribution in [1.29, 1.82) is 0 Å². The van der Waals surface area contributed by atoms with Crippen molar-refractivity contribution in [1.82, 2.24) is 10.2 Å². The first-order valence-corrected chi connectivity index (χ1v) is 6.88. The maximum absolute atomic E-state index is 9.46. The molecule has 2 N–H and O–H groups in total. The second kappa shape index (κ2) is 8.03. The molecule has 1 heterocycles. The fourth-order valence-electron chi connectivity index (χ4n) is 2.20. The average Bonchev–Trinajstić information content (AvgIpc) is 2.41. The molecule has 4 heteroatoms. The van der Waals surface area contributed by atoms with Gasteiger partial charge in [-0.3, -0.25) is 4.90 Å². The quantitative estimate of drug-likeness (QED) is 0.617. The number of nitrogens with one attached hydrogen (secondary N) is 1. The Kier molecular flexibility index (Phi) is 7.04. The fraction of sp³-hybridized carbons (Fsp3) is 1.00. The molecule has 1 aliphatic heterocycles. The Morgan fingerprint density at radius 1 is 1.24 bits per heavy atom. The Morgan fingerprint density at radius 2 is 1.88 bits per heavy atom. The van der Waals surface area contributed by atoms with E-state index in [1.165, 1.54) is 0 Å². The molecule has 0 aromatic rings. The topological polar surface area (TPSA) is 44.7 Å². The number of rotatable bonds is 8. The summed E-state index contributed by atoms with van der Waals surface area (Å²) in [4.78, 5) is 2.43. The molecule has 0 radical (unpaired) electrons. The van der Waals surface area contributed by atoms with Crippen LogP contribution in [0, 0.1) is 5.41 Å². The highest BCUT2D eigenvalue weighted by Crippen LogP contribution is 2.24. The molecule has 0 saturated carbocycles. The average molecular weight is 244 g/mol.